The molecule has 0 aliphatic carbocycles. The highest BCUT2D eigenvalue weighted by atomic mass is 79.9. The Morgan fingerprint density at radius 1 is 1.47 bits per heavy atom. The van der Waals surface area contributed by atoms with Crippen LogP contribution in [0.5, 0.6) is 0 Å². The van der Waals surface area contributed by atoms with Crippen molar-refractivity contribution in [2.24, 2.45) is 5.73 Å². The molecule has 0 saturated carbocycles. The molecule has 1 aromatic rings. The van der Waals surface area contributed by atoms with Gasteiger partial charge in [0.15, 0.2) is 0 Å². The van der Waals surface area contributed by atoms with Crippen molar-refractivity contribution in [1.82, 2.24) is 9.55 Å². The maximum Gasteiger partial charge on any atom is 0.127 e. The molecule has 15 heavy (non-hydrogen) atoms. The highest BCUT2D eigenvalue weighted by molar-refractivity contribution is 9.10. The Morgan fingerprint density at radius 2 is 2.20 bits per heavy atom. The van der Waals surface area contributed by atoms with Gasteiger partial charge in [-0.3, -0.25) is 0 Å². The van der Waals surface area contributed by atoms with Gasteiger partial charge in [0.05, 0.1) is 5.69 Å². The minimum atomic E-state index is -0.0297. The molecule has 0 unspecified atom stereocenters. The van der Waals surface area contributed by atoms with E-state index in [-0.39, 0.29) is 5.41 Å². The van der Waals surface area contributed by atoms with Crippen LogP contribution < -0.4 is 5.73 Å². The Balaban J connectivity index is 2.49. The molecule has 0 spiro atoms. The molecule has 0 aromatic carbocycles. The first-order chi connectivity index (χ1) is 7.06. The highest BCUT2D eigenvalue weighted by Crippen LogP contribution is 2.30. The van der Waals surface area contributed by atoms with Crippen LogP contribution in [0.1, 0.15) is 38.2 Å². The van der Waals surface area contributed by atoms with E-state index in [2.05, 4.69) is 39.3 Å². The van der Waals surface area contributed by atoms with E-state index in [1.54, 1.807) is 0 Å². The fourth-order valence-corrected chi connectivity index (χ4v) is 2.69. The normalized spacial score (nSPS) is 16.5. The molecular weight excluding hydrogens is 254 g/mol. The Morgan fingerprint density at radius 3 is 2.87 bits per heavy atom. The van der Waals surface area contributed by atoms with Crippen molar-refractivity contribution in [3.05, 3.63) is 16.1 Å². The molecule has 84 valence electrons. The number of hydrogen-bond acceptors (Lipinski definition) is 2. The number of imidazole rings is 1. The van der Waals surface area contributed by atoms with Gasteiger partial charge in [-0.05, 0) is 35.2 Å². The Kier molecular flexibility index (Phi) is 2.90. The van der Waals surface area contributed by atoms with Crippen LogP contribution in [-0.2, 0) is 18.4 Å². The number of aromatic nitrogens is 2. The molecule has 3 nitrogen and oxygen atoms in total. The van der Waals surface area contributed by atoms with E-state index in [1.807, 2.05) is 0 Å². The van der Waals surface area contributed by atoms with Crippen molar-refractivity contribution < 1.29 is 0 Å². The second-order valence-corrected chi connectivity index (χ2v) is 5.62. The van der Waals surface area contributed by atoms with E-state index in [9.17, 15) is 0 Å². The average molecular weight is 272 g/mol. The Labute approximate surface area is 99.2 Å². The van der Waals surface area contributed by atoms with Crippen molar-refractivity contribution in [2.75, 3.05) is 6.54 Å². The van der Waals surface area contributed by atoms with E-state index >= 15 is 0 Å². The largest absolute Gasteiger partial charge is 0.330 e. The summed E-state index contributed by atoms with van der Waals surface area (Å²) < 4.78 is 3.36. The fraction of sp³-hybridized carbons (Fsp3) is 0.727. The van der Waals surface area contributed by atoms with Crippen molar-refractivity contribution in [3.63, 3.8) is 0 Å². The third-order valence-electron chi connectivity index (χ3n) is 3.18. The predicted molar refractivity (Wildman–Crippen MR) is 64.9 cm³/mol. The van der Waals surface area contributed by atoms with Gasteiger partial charge in [0.2, 0.25) is 0 Å². The molecule has 2 heterocycles. The molecule has 1 aliphatic heterocycles. The van der Waals surface area contributed by atoms with Crippen molar-refractivity contribution in [2.45, 2.75) is 45.1 Å². The molecule has 0 fully saturated rings. The van der Waals surface area contributed by atoms with E-state index in [0.29, 0.717) is 6.54 Å². The molecule has 1 aromatic heterocycles. The third-order valence-corrected chi connectivity index (χ3v) is 3.82. The summed E-state index contributed by atoms with van der Waals surface area (Å²) in [5.41, 5.74) is 7.13. The average Bonchev–Trinajstić information content (AvgIpc) is 2.58. The summed E-state index contributed by atoms with van der Waals surface area (Å²) >= 11 is 3.55. The van der Waals surface area contributed by atoms with Crippen LogP contribution in [0.25, 0.3) is 0 Å². The summed E-state index contributed by atoms with van der Waals surface area (Å²) in [5.74, 6) is 1.13. The van der Waals surface area contributed by atoms with Gasteiger partial charge in [-0.25, -0.2) is 4.98 Å². The molecule has 1 aliphatic rings. The summed E-state index contributed by atoms with van der Waals surface area (Å²) in [6.45, 7) is 6.04. The van der Waals surface area contributed by atoms with Gasteiger partial charge in [-0.15, -0.1) is 0 Å². The number of hydrogen-bond donors (Lipinski definition) is 1. The van der Waals surface area contributed by atoms with E-state index in [4.69, 9.17) is 5.73 Å². The molecular formula is C11H18BrN3. The van der Waals surface area contributed by atoms with Gasteiger partial charge in [-0.1, -0.05) is 13.8 Å². The van der Waals surface area contributed by atoms with Gasteiger partial charge in [0.1, 0.15) is 10.4 Å². The molecule has 2 N–H and O–H groups in total. The van der Waals surface area contributed by atoms with Crippen LogP contribution in [0.3, 0.4) is 0 Å². The predicted octanol–water partition coefficient (Wildman–Crippen LogP) is 2.22. The maximum atomic E-state index is 5.81. The zero-order valence-electron chi connectivity index (χ0n) is 9.39. The van der Waals surface area contributed by atoms with Crippen molar-refractivity contribution in [3.8, 4) is 0 Å². The summed E-state index contributed by atoms with van der Waals surface area (Å²) in [6, 6.07) is 0. The van der Waals surface area contributed by atoms with Gasteiger partial charge < -0.3 is 10.3 Å². The number of fused-ring (bicyclic) bond motifs is 1. The fourth-order valence-electron chi connectivity index (χ4n) is 2.11. The van der Waals surface area contributed by atoms with Gasteiger partial charge >= 0.3 is 0 Å². The van der Waals surface area contributed by atoms with Crippen LogP contribution in [0, 0.1) is 0 Å². The monoisotopic (exact) mass is 271 g/mol. The van der Waals surface area contributed by atoms with Gasteiger partial charge in [-0.2, -0.15) is 0 Å². The molecule has 0 radical (unpaired) electrons. The lowest BCUT2D eigenvalue weighted by molar-refractivity contribution is 0.435. The minimum Gasteiger partial charge on any atom is -0.330 e. The lowest BCUT2D eigenvalue weighted by Crippen LogP contribution is -2.32. The molecule has 2 rings (SSSR count). The topological polar surface area (TPSA) is 43.8 Å². The standard InChI is InChI=1S/C11H18BrN3/c1-11(2,7-13)10-14-9(12)8-5-3-4-6-15(8)10/h3-7,13H2,1-2H3. The summed E-state index contributed by atoms with van der Waals surface area (Å²) in [5, 5.41) is 0. The van der Waals surface area contributed by atoms with Gasteiger partial charge in [0, 0.05) is 18.5 Å². The SMILES string of the molecule is CC(C)(CN)c1nc(Br)c2n1CCCC2. The van der Waals surface area contributed by atoms with Crippen LogP contribution >= 0.6 is 15.9 Å². The number of nitrogens with two attached hydrogens (primary N) is 1. The first-order valence-electron chi connectivity index (χ1n) is 5.51. The first-order valence-corrected chi connectivity index (χ1v) is 6.31. The third kappa shape index (κ3) is 1.85. The second-order valence-electron chi connectivity index (χ2n) is 4.87. The lowest BCUT2D eigenvalue weighted by Gasteiger charge is -2.25. The van der Waals surface area contributed by atoms with Crippen LogP contribution in [0.2, 0.25) is 0 Å². The molecule has 0 amide bonds. The quantitative estimate of drug-likeness (QED) is 0.897. The van der Waals surface area contributed by atoms with Gasteiger partial charge in [0.25, 0.3) is 0 Å². The van der Waals surface area contributed by atoms with Crippen LogP contribution in [0.4, 0.5) is 0 Å². The van der Waals surface area contributed by atoms with E-state index in [1.165, 1.54) is 18.5 Å². The Bertz CT molecular complexity index is 368. The molecule has 4 heteroatoms. The van der Waals surface area contributed by atoms with Crippen LogP contribution in [-0.4, -0.2) is 16.1 Å². The summed E-state index contributed by atoms with van der Waals surface area (Å²) in [7, 11) is 0. The van der Waals surface area contributed by atoms with Crippen LogP contribution in [0.15, 0.2) is 4.60 Å². The zero-order chi connectivity index (χ0) is 11.1. The maximum absolute atomic E-state index is 5.81. The summed E-state index contributed by atoms with van der Waals surface area (Å²) in [4.78, 5) is 4.63. The zero-order valence-corrected chi connectivity index (χ0v) is 11.0. The molecule has 0 saturated heterocycles. The molecule has 0 atom stereocenters. The minimum absolute atomic E-state index is 0.0297. The Hall–Kier alpha value is -0.350. The highest BCUT2D eigenvalue weighted by Gasteiger charge is 2.28. The lowest BCUT2D eigenvalue weighted by atomic mass is 9.92. The molecule has 0 bridgehead atoms. The number of nitrogens with zero attached hydrogens (tertiary/aromatic N) is 2. The summed E-state index contributed by atoms with van der Waals surface area (Å²) in [6.07, 6.45) is 3.66. The number of rotatable bonds is 2. The van der Waals surface area contributed by atoms with E-state index in [0.717, 1.165) is 23.4 Å². The second kappa shape index (κ2) is 3.91. The number of halogens is 1. The van der Waals surface area contributed by atoms with Crippen molar-refractivity contribution in [1.29, 1.82) is 0 Å². The smallest absolute Gasteiger partial charge is 0.127 e. The van der Waals surface area contributed by atoms with E-state index < -0.39 is 0 Å². The first kappa shape index (κ1) is 11.1. The van der Waals surface area contributed by atoms with Crippen molar-refractivity contribution >= 4 is 15.9 Å².